The van der Waals surface area contributed by atoms with E-state index in [0.717, 1.165) is 67.5 Å². The summed E-state index contributed by atoms with van der Waals surface area (Å²) in [5.74, 6) is 2.67. The molecule has 0 bridgehead atoms. The first-order valence-corrected chi connectivity index (χ1v) is 10.3. The third kappa shape index (κ3) is 7.19. The van der Waals surface area contributed by atoms with Gasteiger partial charge in [0, 0.05) is 31.5 Å². The molecule has 0 aliphatic heterocycles. The molecule has 2 aromatic heterocycles. The fourth-order valence-electron chi connectivity index (χ4n) is 3.18. The quantitative estimate of drug-likeness (QED) is 0.233. The van der Waals surface area contributed by atoms with Gasteiger partial charge < -0.3 is 19.6 Å². The van der Waals surface area contributed by atoms with E-state index in [-0.39, 0.29) is 24.0 Å². The number of nitrogens with one attached hydrogen (secondary N) is 2. The van der Waals surface area contributed by atoms with Crippen LogP contribution in [-0.4, -0.2) is 24.2 Å². The Morgan fingerprint density at radius 2 is 1.73 bits per heavy atom. The predicted molar refractivity (Wildman–Crippen MR) is 130 cm³/mol. The van der Waals surface area contributed by atoms with Crippen molar-refractivity contribution in [1.82, 2.24) is 15.8 Å². The Kier molecular flexibility index (Phi) is 10.5. The summed E-state index contributed by atoms with van der Waals surface area (Å²) in [5, 5.41) is 11.0. The first-order chi connectivity index (χ1) is 14.3. The number of benzene rings is 1. The van der Waals surface area contributed by atoms with Crippen molar-refractivity contribution in [2.24, 2.45) is 4.99 Å². The number of nitrogens with zero attached hydrogens (tertiary/aromatic N) is 2. The minimum Gasteiger partial charge on any atom is -0.469 e. The Bertz CT molecular complexity index is 855. The number of furan rings is 1. The second-order valence-corrected chi connectivity index (χ2v) is 6.82. The van der Waals surface area contributed by atoms with Gasteiger partial charge in [0.25, 0.3) is 0 Å². The van der Waals surface area contributed by atoms with Crippen molar-refractivity contribution in [3.63, 3.8) is 0 Å². The van der Waals surface area contributed by atoms with Gasteiger partial charge >= 0.3 is 0 Å². The van der Waals surface area contributed by atoms with E-state index in [1.54, 1.807) is 6.26 Å². The van der Waals surface area contributed by atoms with E-state index in [0.29, 0.717) is 6.54 Å². The number of aliphatic imine (C=N–C) groups is 1. The minimum absolute atomic E-state index is 0. The summed E-state index contributed by atoms with van der Waals surface area (Å²) in [6, 6.07) is 14.3. The van der Waals surface area contributed by atoms with E-state index < -0.39 is 0 Å². The molecule has 30 heavy (non-hydrogen) atoms. The Labute approximate surface area is 195 Å². The molecular weight excluding hydrogens is 491 g/mol. The standard InChI is InChI=1S/C23H30N4O2.HI/c1-3-21-20(22(4-2)29-27-21)17-26-23(25-15-13-19-11-8-16-28-19)24-14-12-18-9-6-5-7-10-18;/h5-11,16H,3-4,12-15,17H2,1-2H3,(H2,24,25,26);1H. The zero-order chi connectivity index (χ0) is 20.3. The SMILES string of the molecule is CCc1noc(CC)c1CN=C(NCCc1ccccc1)NCCc1ccco1.I. The van der Waals surface area contributed by atoms with Gasteiger partial charge in [-0.15, -0.1) is 24.0 Å². The highest BCUT2D eigenvalue weighted by Crippen LogP contribution is 2.16. The van der Waals surface area contributed by atoms with Crippen molar-refractivity contribution in [2.75, 3.05) is 13.1 Å². The second kappa shape index (κ2) is 13.1. The summed E-state index contributed by atoms with van der Waals surface area (Å²) in [5.41, 5.74) is 3.39. The van der Waals surface area contributed by atoms with Crippen LogP contribution in [0.4, 0.5) is 0 Å². The van der Waals surface area contributed by atoms with Crippen LogP contribution >= 0.6 is 24.0 Å². The molecule has 7 heteroatoms. The normalized spacial score (nSPS) is 11.2. The van der Waals surface area contributed by atoms with Gasteiger partial charge in [-0.1, -0.05) is 49.3 Å². The van der Waals surface area contributed by atoms with Crippen LogP contribution in [0.5, 0.6) is 0 Å². The molecule has 0 fully saturated rings. The highest BCUT2D eigenvalue weighted by atomic mass is 127. The second-order valence-electron chi connectivity index (χ2n) is 6.82. The average Bonchev–Trinajstić information content (AvgIpc) is 3.41. The summed E-state index contributed by atoms with van der Waals surface area (Å²) in [6.45, 7) is 6.27. The monoisotopic (exact) mass is 522 g/mol. The maximum absolute atomic E-state index is 5.46. The molecule has 0 amide bonds. The zero-order valence-electron chi connectivity index (χ0n) is 17.7. The van der Waals surface area contributed by atoms with Crippen molar-refractivity contribution in [3.05, 3.63) is 77.1 Å². The third-order valence-electron chi connectivity index (χ3n) is 4.80. The highest BCUT2D eigenvalue weighted by Gasteiger charge is 2.13. The van der Waals surface area contributed by atoms with Crippen molar-refractivity contribution >= 4 is 29.9 Å². The average molecular weight is 522 g/mol. The predicted octanol–water partition coefficient (Wildman–Crippen LogP) is 4.53. The molecule has 3 aromatic rings. The van der Waals surface area contributed by atoms with Crippen LogP contribution in [0.3, 0.4) is 0 Å². The number of halogens is 1. The summed E-state index contributed by atoms with van der Waals surface area (Å²) in [7, 11) is 0. The Morgan fingerprint density at radius 1 is 0.967 bits per heavy atom. The van der Waals surface area contributed by atoms with Gasteiger partial charge in [-0.3, -0.25) is 0 Å². The third-order valence-corrected chi connectivity index (χ3v) is 4.80. The molecule has 0 spiro atoms. The van der Waals surface area contributed by atoms with E-state index in [4.69, 9.17) is 13.9 Å². The smallest absolute Gasteiger partial charge is 0.191 e. The number of aromatic nitrogens is 1. The maximum atomic E-state index is 5.46. The fourth-order valence-corrected chi connectivity index (χ4v) is 3.18. The van der Waals surface area contributed by atoms with Crippen LogP contribution in [0, 0.1) is 0 Å². The number of aryl methyl sites for hydroxylation is 2. The largest absolute Gasteiger partial charge is 0.469 e. The van der Waals surface area contributed by atoms with E-state index in [1.807, 2.05) is 18.2 Å². The fraction of sp³-hybridized carbons (Fsp3) is 0.391. The lowest BCUT2D eigenvalue weighted by Crippen LogP contribution is -2.39. The van der Waals surface area contributed by atoms with Gasteiger partial charge in [-0.05, 0) is 30.5 Å². The van der Waals surface area contributed by atoms with Crippen molar-refractivity contribution in [1.29, 1.82) is 0 Å². The Morgan fingerprint density at radius 3 is 2.40 bits per heavy atom. The van der Waals surface area contributed by atoms with Crippen molar-refractivity contribution < 1.29 is 8.94 Å². The van der Waals surface area contributed by atoms with Crippen molar-refractivity contribution in [3.8, 4) is 0 Å². The van der Waals surface area contributed by atoms with E-state index in [2.05, 4.69) is 53.9 Å². The molecule has 1 aromatic carbocycles. The highest BCUT2D eigenvalue weighted by molar-refractivity contribution is 14.0. The molecule has 0 saturated heterocycles. The molecule has 0 aliphatic carbocycles. The van der Waals surface area contributed by atoms with Crippen molar-refractivity contribution in [2.45, 2.75) is 46.1 Å². The molecule has 0 unspecified atom stereocenters. The van der Waals surface area contributed by atoms with Gasteiger partial charge in [-0.2, -0.15) is 0 Å². The van der Waals surface area contributed by atoms with Crippen LogP contribution in [-0.2, 0) is 32.2 Å². The van der Waals surface area contributed by atoms with Gasteiger partial charge in [-0.25, -0.2) is 4.99 Å². The number of hydrogen-bond acceptors (Lipinski definition) is 4. The molecule has 2 heterocycles. The maximum Gasteiger partial charge on any atom is 0.191 e. The lowest BCUT2D eigenvalue weighted by molar-refractivity contribution is 0.380. The molecule has 162 valence electrons. The molecule has 3 rings (SSSR count). The minimum atomic E-state index is 0. The van der Waals surface area contributed by atoms with Crippen LogP contribution < -0.4 is 10.6 Å². The number of guanidine groups is 1. The van der Waals surface area contributed by atoms with E-state index >= 15 is 0 Å². The van der Waals surface area contributed by atoms with Crippen LogP contribution in [0.15, 0.2) is 62.7 Å². The molecular formula is C23H31IN4O2. The molecule has 2 N–H and O–H groups in total. The molecule has 0 aliphatic rings. The summed E-state index contributed by atoms with van der Waals surface area (Å²) in [4.78, 5) is 4.80. The molecule has 0 saturated carbocycles. The van der Waals surface area contributed by atoms with E-state index in [1.165, 1.54) is 5.56 Å². The summed E-state index contributed by atoms with van der Waals surface area (Å²) < 4.78 is 10.9. The van der Waals surface area contributed by atoms with E-state index in [9.17, 15) is 0 Å². The summed E-state index contributed by atoms with van der Waals surface area (Å²) >= 11 is 0. The molecule has 6 nitrogen and oxygen atoms in total. The molecule has 0 radical (unpaired) electrons. The Hall–Kier alpha value is -2.29. The van der Waals surface area contributed by atoms with Gasteiger partial charge in [0.1, 0.15) is 11.5 Å². The first kappa shape index (κ1) is 24.0. The van der Waals surface area contributed by atoms with Crippen LogP contribution in [0.2, 0.25) is 0 Å². The lowest BCUT2D eigenvalue weighted by atomic mass is 10.1. The Balaban J connectivity index is 0.00000320. The zero-order valence-corrected chi connectivity index (χ0v) is 20.0. The van der Waals surface area contributed by atoms with Crippen LogP contribution in [0.25, 0.3) is 0 Å². The van der Waals surface area contributed by atoms with Gasteiger partial charge in [0.15, 0.2) is 5.96 Å². The van der Waals surface area contributed by atoms with Gasteiger partial charge in [0.2, 0.25) is 0 Å². The topological polar surface area (TPSA) is 75.6 Å². The molecule has 0 atom stereocenters. The lowest BCUT2D eigenvalue weighted by Gasteiger charge is -2.12. The number of rotatable bonds is 10. The number of hydrogen-bond donors (Lipinski definition) is 2. The van der Waals surface area contributed by atoms with Crippen LogP contribution in [0.1, 0.15) is 42.2 Å². The van der Waals surface area contributed by atoms with Gasteiger partial charge in [0.05, 0.1) is 18.5 Å². The first-order valence-electron chi connectivity index (χ1n) is 10.3. The summed E-state index contributed by atoms with van der Waals surface area (Å²) in [6.07, 6.45) is 5.11.